The number of benzene rings is 2. The quantitative estimate of drug-likeness (QED) is 0.718. The lowest BCUT2D eigenvalue weighted by Crippen LogP contribution is -2.45. The van der Waals surface area contributed by atoms with Crippen LogP contribution in [0.2, 0.25) is 0 Å². The van der Waals surface area contributed by atoms with Crippen LogP contribution in [0.1, 0.15) is 42.6 Å². The van der Waals surface area contributed by atoms with Crippen molar-refractivity contribution in [2.45, 2.75) is 33.1 Å². The molecule has 0 aromatic heterocycles. The lowest BCUT2D eigenvalue weighted by Gasteiger charge is -2.32. The number of carbonyl (C=O) groups is 3. The van der Waals surface area contributed by atoms with E-state index in [1.165, 1.54) is 5.56 Å². The van der Waals surface area contributed by atoms with Gasteiger partial charge in [0.05, 0.1) is 5.92 Å². The van der Waals surface area contributed by atoms with Crippen molar-refractivity contribution in [2.75, 3.05) is 25.0 Å². The standard InChI is InChI=1S/C25H31N3O3/c1-18(2)23(29)27-22-12-10-20(11-13-22)25(31)28-16-6-9-21(17-28)24(30)26-15-14-19-7-4-3-5-8-19/h3-5,7-8,10-13,18,21H,6,9,14-17H2,1-2H3,(H,26,30)(H,27,29). The zero-order valence-electron chi connectivity index (χ0n) is 18.3. The van der Waals surface area contributed by atoms with Gasteiger partial charge in [0, 0.05) is 36.8 Å². The van der Waals surface area contributed by atoms with E-state index >= 15 is 0 Å². The third-order valence-corrected chi connectivity index (χ3v) is 5.56. The Morgan fingerprint density at radius 3 is 2.42 bits per heavy atom. The van der Waals surface area contributed by atoms with Crippen LogP contribution in [-0.2, 0) is 16.0 Å². The summed E-state index contributed by atoms with van der Waals surface area (Å²) in [6.45, 7) is 5.34. The molecule has 1 aliphatic rings. The Morgan fingerprint density at radius 2 is 1.74 bits per heavy atom. The molecule has 1 aliphatic heterocycles. The average molecular weight is 422 g/mol. The van der Waals surface area contributed by atoms with Gasteiger partial charge in [0.25, 0.3) is 5.91 Å². The first kappa shape index (κ1) is 22.5. The molecule has 1 atom stereocenters. The first-order valence-electron chi connectivity index (χ1n) is 11.0. The summed E-state index contributed by atoms with van der Waals surface area (Å²) in [5, 5.41) is 5.84. The van der Waals surface area contributed by atoms with Crippen LogP contribution >= 0.6 is 0 Å². The van der Waals surface area contributed by atoms with Crippen molar-refractivity contribution in [2.24, 2.45) is 11.8 Å². The second-order valence-electron chi connectivity index (χ2n) is 8.34. The largest absolute Gasteiger partial charge is 0.355 e. The Labute approximate surface area is 184 Å². The van der Waals surface area contributed by atoms with E-state index in [9.17, 15) is 14.4 Å². The van der Waals surface area contributed by atoms with Crippen LogP contribution in [0, 0.1) is 11.8 Å². The van der Waals surface area contributed by atoms with Crippen molar-refractivity contribution in [3.63, 3.8) is 0 Å². The molecule has 1 fully saturated rings. The first-order valence-corrected chi connectivity index (χ1v) is 11.0. The molecule has 1 unspecified atom stereocenters. The fraction of sp³-hybridized carbons (Fsp3) is 0.400. The first-order chi connectivity index (χ1) is 14.9. The van der Waals surface area contributed by atoms with Gasteiger partial charge in [0.2, 0.25) is 11.8 Å². The molecule has 2 aromatic rings. The van der Waals surface area contributed by atoms with Crippen molar-refractivity contribution in [3.8, 4) is 0 Å². The number of amides is 3. The zero-order chi connectivity index (χ0) is 22.2. The summed E-state index contributed by atoms with van der Waals surface area (Å²) < 4.78 is 0. The summed E-state index contributed by atoms with van der Waals surface area (Å²) in [5.74, 6) is -0.413. The van der Waals surface area contributed by atoms with Crippen LogP contribution in [0.3, 0.4) is 0 Å². The van der Waals surface area contributed by atoms with E-state index in [2.05, 4.69) is 10.6 Å². The van der Waals surface area contributed by atoms with Gasteiger partial charge in [0.15, 0.2) is 0 Å². The Balaban J connectivity index is 1.51. The number of nitrogens with zero attached hydrogens (tertiary/aromatic N) is 1. The number of hydrogen-bond acceptors (Lipinski definition) is 3. The molecular weight excluding hydrogens is 390 g/mol. The number of nitrogens with one attached hydrogen (secondary N) is 2. The lowest BCUT2D eigenvalue weighted by atomic mass is 9.96. The van der Waals surface area contributed by atoms with Crippen LogP contribution in [0.15, 0.2) is 54.6 Å². The highest BCUT2D eigenvalue weighted by molar-refractivity contribution is 5.96. The van der Waals surface area contributed by atoms with Crippen LogP contribution in [0.4, 0.5) is 5.69 Å². The van der Waals surface area contributed by atoms with Gasteiger partial charge < -0.3 is 15.5 Å². The summed E-state index contributed by atoms with van der Waals surface area (Å²) in [7, 11) is 0. The van der Waals surface area contributed by atoms with E-state index in [4.69, 9.17) is 0 Å². The third-order valence-electron chi connectivity index (χ3n) is 5.56. The Kier molecular flexibility index (Phi) is 7.82. The molecule has 6 nitrogen and oxygen atoms in total. The molecule has 0 radical (unpaired) electrons. The average Bonchev–Trinajstić information content (AvgIpc) is 2.79. The summed E-state index contributed by atoms with van der Waals surface area (Å²) in [6.07, 6.45) is 2.40. The fourth-order valence-electron chi connectivity index (χ4n) is 3.66. The van der Waals surface area contributed by atoms with Gasteiger partial charge in [0.1, 0.15) is 0 Å². The smallest absolute Gasteiger partial charge is 0.253 e. The van der Waals surface area contributed by atoms with Crippen molar-refractivity contribution < 1.29 is 14.4 Å². The predicted octanol–water partition coefficient (Wildman–Crippen LogP) is 3.49. The molecule has 2 N–H and O–H groups in total. The normalized spacial score (nSPS) is 16.1. The van der Waals surface area contributed by atoms with E-state index in [1.54, 1.807) is 29.2 Å². The van der Waals surface area contributed by atoms with Gasteiger partial charge in [-0.1, -0.05) is 44.2 Å². The monoisotopic (exact) mass is 421 g/mol. The minimum atomic E-state index is -0.182. The topological polar surface area (TPSA) is 78.5 Å². The number of rotatable bonds is 7. The van der Waals surface area contributed by atoms with Crippen molar-refractivity contribution in [1.82, 2.24) is 10.2 Å². The van der Waals surface area contributed by atoms with Crippen LogP contribution in [-0.4, -0.2) is 42.3 Å². The number of carbonyl (C=O) groups excluding carboxylic acids is 3. The molecule has 1 saturated heterocycles. The molecule has 3 rings (SSSR count). The van der Waals surface area contributed by atoms with Gasteiger partial charge in [-0.25, -0.2) is 0 Å². The second kappa shape index (κ2) is 10.8. The number of hydrogen-bond donors (Lipinski definition) is 2. The van der Waals surface area contributed by atoms with Gasteiger partial charge >= 0.3 is 0 Å². The molecule has 1 heterocycles. The van der Waals surface area contributed by atoms with Gasteiger partial charge in [-0.3, -0.25) is 14.4 Å². The summed E-state index contributed by atoms with van der Waals surface area (Å²) in [5.41, 5.74) is 2.42. The molecule has 0 aliphatic carbocycles. The SMILES string of the molecule is CC(C)C(=O)Nc1ccc(C(=O)N2CCCC(C(=O)NCCc3ccccc3)C2)cc1. The highest BCUT2D eigenvalue weighted by atomic mass is 16.2. The van der Waals surface area contributed by atoms with Crippen LogP contribution in [0.5, 0.6) is 0 Å². The van der Waals surface area contributed by atoms with E-state index < -0.39 is 0 Å². The second-order valence-corrected chi connectivity index (χ2v) is 8.34. The predicted molar refractivity (Wildman–Crippen MR) is 122 cm³/mol. The van der Waals surface area contributed by atoms with Gasteiger partial charge in [-0.05, 0) is 49.1 Å². The molecule has 0 saturated carbocycles. The van der Waals surface area contributed by atoms with Crippen LogP contribution in [0.25, 0.3) is 0 Å². The molecule has 0 spiro atoms. The Bertz CT molecular complexity index is 894. The van der Waals surface area contributed by atoms with Crippen molar-refractivity contribution in [3.05, 3.63) is 65.7 Å². The maximum Gasteiger partial charge on any atom is 0.253 e. The minimum Gasteiger partial charge on any atom is -0.355 e. The van der Waals surface area contributed by atoms with E-state index in [1.807, 2.05) is 44.2 Å². The Hall–Kier alpha value is -3.15. The lowest BCUT2D eigenvalue weighted by molar-refractivity contribution is -0.126. The molecule has 3 amide bonds. The van der Waals surface area contributed by atoms with Gasteiger partial charge in [-0.2, -0.15) is 0 Å². The van der Waals surface area contributed by atoms with Gasteiger partial charge in [-0.15, -0.1) is 0 Å². The molecule has 164 valence electrons. The third kappa shape index (κ3) is 6.41. The fourth-order valence-corrected chi connectivity index (χ4v) is 3.66. The number of likely N-dealkylation sites (tertiary alicyclic amines) is 1. The molecule has 2 aromatic carbocycles. The molecule has 31 heavy (non-hydrogen) atoms. The molecule has 0 bridgehead atoms. The van der Waals surface area contributed by atoms with E-state index in [-0.39, 0.29) is 29.6 Å². The van der Waals surface area contributed by atoms with Crippen LogP contribution < -0.4 is 10.6 Å². The highest BCUT2D eigenvalue weighted by Gasteiger charge is 2.28. The maximum absolute atomic E-state index is 12.9. The summed E-state index contributed by atoms with van der Waals surface area (Å²) in [6, 6.07) is 17.0. The molecule has 6 heteroatoms. The highest BCUT2D eigenvalue weighted by Crippen LogP contribution is 2.20. The van der Waals surface area contributed by atoms with E-state index in [0.29, 0.717) is 30.9 Å². The number of anilines is 1. The maximum atomic E-state index is 12.9. The van der Waals surface area contributed by atoms with E-state index in [0.717, 1.165) is 19.3 Å². The summed E-state index contributed by atoms with van der Waals surface area (Å²) in [4.78, 5) is 39.1. The molecular formula is C25H31N3O3. The minimum absolute atomic E-state index is 0.0141. The Morgan fingerprint density at radius 1 is 1.03 bits per heavy atom. The summed E-state index contributed by atoms with van der Waals surface area (Å²) >= 11 is 0. The van der Waals surface area contributed by atoms with Crippen molar-refractivity contribution in [1.29, 1.82) is 0 Å². The zero-order valence-corrected chi connectivity index (χ0v) is 18.3. The number of piperidine rings is 1. The van der Waals surface area contributed by atoms with Crippen molar-refractivity contribution >= 4 is 23.4 Å².